The molecule has 1 rings (SSSR count). The van der Waals surface area contributed by atoms with E-state index < -0.39 is 18.0 Å². The third-order valence-corrected chi connectivity index (χ3v) is 2.48. The van der Waals surface area contributed by atoms with Gasteiger partial charge in [0.25, 0.3) is 0 Å². The summed E-state index contributed by atoms with van der Waals surface area (Å²) < 4.78 is 5.16. The molecule has 18 heavy (non-hydrogen) atoms. The van der Waals surface area contributed by atoms with Crippen molar-refractivity contribution < 1.29 is 19.1 Å². The highest BCUT2D eigenvalue weighted by Crippen LogP contribution is 2.03. The van der Waals surface area contributed by atoms with Gasteiger partial charge in [0.15, 0.2) is 0 Å². The molecule has 0 radical (unpaired) electrons. The molecule has 100 valence electrons. The average Bonchev–Trinajstić information content (AvgIpc) is 2.77. The lowest BCUT2D eigenvalue weighted by Gasteiger charge is -2.16. The maximum Gasteiger partial charge on any atom is 0.326 e. The highest BCUT2D eigenvalue weighted by molar-refractivity contribution is 5.82. The van der Waals surface area contributed by atoms with E-state index in [-0.39, 0.29) is 6.04 Å². The molecule has 2 amide bonds. The Morgan fingerprint density at radius 3 is 2.67 bits per heavy atom. The highest BCUT2D eigenvalue weighted by Gasteiger charge is 2.18. The average molecular weight is 254 g/mol. The quantitative estimate of drug-likeness (QED) is 0.715. The Bertz CT molecular complexity index is 389. The summed E-state index contributed by atoms with van der Waals surface area (Å²) >= 11 is 0. The Hall–Kier alpha value is -1.98. The molecule has 0 aromatic carbocycles. The van der Waals surface area contributed by atoms with Gasteiger partial charge in [0.1, 0.15) is 11.8 Å². The molecule has 0 saturated heterocycles. The van der Waals surface area contributed by atoms with E-state index in [0.717, 1.165) is 5.76 Å². The van der Waals surface area contributed by atoms with Crippen LogP contribution in [-0.4, -0.2) is 29.2 Å². The topological polar surface area (TPSA) is 91.6 Å². The maximum atomic E-state index is 11.5. The van der Waals surface area contributed by atoms with Crippen molar-refractivity contribution in [2.75, 3.05) is 0 Å². The van der Waals surface area contributed by atoms with E-state index in [4.69, 9.17) is 9.52 Å². The summed E-state index contributed by atoms with van der Waals surface area (Å²) in [6.45, 7) is 3.52. The summed E-state index contributed by atoms with van der Waals surface area (Å²) in [7, 11) is 0. The number of amides is 2. The van der Waals surface area contributed by atoms with Crippen molar-refractivity contribution in [2.45, 2.75) is 38.8 Å². The molecule has 3 N–H and O–H groups in total. The number of aliphatic carboxylic acids is 1. The molecule has 6 nitrogen and oxygen atoms in total. The van der Waals surface area contributed by atoms with Crippen LogP contribution >= 0.6 is 0 Å². The molecular weight excluding hydrogens is 236 g/mol. The lowest BCUT2D eigenvalue weighted by atomic mass is 10.2. The Labute approximate surface area is 105 Å². The molecule has 0 aliphatic carbocycles. The number of nitrogens with one attached hydrogen (secondary N) is 2. The van der Waals surface area contributed by atoms with Gasteiger partial charge in [-0.3, -0.25) is 0 Å². The number of rotatable bonds is 6. The van der Waals surface area contributed by atoms with Gasteiger partial charge in [0, 0.05) is 12.5 Å². The van der Waals surface area contributed by atoms with Crippen molar-refractivity contribution in [3.63, 3.8) is 0 Å². The van der Waals surface area contributed by atoms with E-state index in [9.17, 15) is 9.59 Å². The number of hydrogen-bond acceptors (Lipinski definition) is 3. The van der Waals surface area contributed by atoms with Crippen LogP contribution in [0.3, 0.4) is 0 Å². The summed E-state index contributed by atoms with van der Waals surface area (Å²) in [5.41, 5.74) is 0. The number of furan rings is 1. The van der Waals surface area contributed by atoms with Crippen LogP contribution in [0.15, 0.2) is 22.8 Å². The van der Waals surface area contributed by atoms with Crippen LogP contribution in [0.25, 0.3) is 0 Å². The number of carboxylic acid groups (broad SMARTS) is 1. The van der Waals surface area contributed by atoms with E-state index in [1.807, 2.05) is 13.0 Å². The first-order valence-electron chi connectivity index (χ1n) is 5.85. The first-order chi connectivity index (χ1) is 8.52. The van der Waals surface area contributed by atoms with Crippen molar-refractivity contribution in [1.29, 1.82) is 0 Å². The summed E-state index contributed by atoms with van der Waals surface area (Å²) in [6, 6.07) is 2.12. The molecule has 0 spiro atoms. The second kappa shape index (κ2) is 6.68. The van der Waals surface area contributed by atoms with Crippen LogP contribution in [0.2, 0.25) is 0 Å². The van der Waals surface area contributed by atoms with E-state index in [1.165, 1.54) is 0 Å². The van der Waals surface area contributed by atoms with Crippen molar-refractivity contribution in [3.05, 3.63) is 24.2 Å². The largest absolute Gasteiger partial charge is 0.480 e. The molecule has 1 aromatic heterocycles. The van der Waals surface area contributed by atoms with Crippen molar-refractivity contribution >= 4 is 12.0 Å². The van der Waals surface area contributed by atoms with Crippen LogP contribution < -0.4 is 10.6 Å². The fraction of sp³-hybridized carbons (Fsp3) is 0.500. The zero-order valence-corrected chi connectivity index (χ0v) is 10.5. The Kier molecular flexibility index (Phi) is 5.23. The predicted molar refractivity (Wildman–Crippen MR) is 65.3 cm³/mol. The number of carbonyl (C=O) groups is 2. The first-order valence-corrected chi connectivity index (χ1v) is 5.85. The smallest absolute Gasteiger partial charge is 0.326 e. The molecule has 1 aromatic rings. The summed E-state index contributed by atoms with van der Waals surface area (Å²) in [6.07, 6.45) is 2.47. The molecule has 0 fully saturated rings. The van der Waals surface area contributed by atoms with Crippen molar-refractivity contribution in [3.8, 4) is 0 Å². The van der Waals surface area contributed by atoms with E-state index in [1.54, 1.807) is 19.3 Å². The fourth-order valence-electron chi connectivity index (χ4n) is 1.54. The summed E-state index contributed by atoms with van der Waals surface area (Å²) in [4.78, 5) is 22.3. The Balaban J connectivity index is 2.37. The van der Waals surface area contributed by atoms with Crippen LogP contribution in [0, 0.1) is 0 Å². The van der Waals surface area contributed by atoms with Gasteiger partial charge in [-0.1, -0.05) is 6.92 Å². The fourth-order valence-corrected chi connectivity index (χ4v) is 1.54. The van der Waals surface area contributed by atoms with Gasteiger partial charge >= 0.3 is 12.0 Å². The third-order valence-electron chi connectivity index (χ3n) is 2.48. The lowest BCUT2D eigenvalue weighted by molar-refractivity contribution is -0.139. The second-order valence-electron chi connectivity index (χ2n) is 4.10. The van der Waals surface area contributed by atoms with Crippen LogP contribution in [-0.2, 0) is 11.2 Å². The summed E-state index contributed by atoms with van der Waals surface area (Å²) in [5.74, 6) is -0.264. The highest BCUT2D eigenvalue weighted by atomic mass is 16.4. The molecule has 2 unspecified atom stereocenters. The second-order valence-corrected chi connectivity index (χ2v) is 4.10. The number of hydrogen-bond donors (Lipinski definition) is 3. The molecular formula is C12H18N2O4. The minimum Gasteiger partial charge on any atom is -0.480 e. The van der Waals surface area contributed by atoms with Gasteiger partial charge in [-0.05, 0) is 25.5 Å². The van der Waals surface area contributed by atoms with Gasteiger partial charge in [0.05, 0.1) is 6.26 Å². The van der Waals surface area contributed by atoms with Crippen LogP contribution in [0.4, 0.5) is 4.79 Å². The zero-order valence-electron chi connectivity index (χ0n) is 10.5. The Morgan fingerprint density at radius 2 is 2.17 bits per heavy atom. The monoisotopic (exact) mass is 254 g/mol. The minimum atomic E-state index is -1.04. The number of urea groups is 1. The minimum absolute atomic E-state index is 0.137. The first kappa shape index (κ1) is 14.1. The van der Waals surface area contributed by atoms with Gasteiger partial charge in [0.2, 0.25) is 0 Å². The molecule has 6 heteroatoms. The molecule has 0 aliphatic rings. The number of carbonyl (C=O) groups excluding carboxylic acids is 1. The molecule has 0 bridgehead atoms. The lowest BCUT2D eigenvalue weighted by Crippen LogP contribution is -2.48. The van der Waals surface area contributed by atoms with Gasteiger partial charge in [-0.15, -0.1) is 0 Å². The standard InChI is InChI=1S/C12H18N2O4/c1-3-10(11(15)16)14-12(17)13-8(2)7-9-5-4-6-18-9/h4-6,8,10H,3,7H2,1-2H3,(H,15,16)(H2,13,14,17). The zero-order chi connectivity index (χ0) is 13.5. The normalized spacial score (nSPS) is 13.7. The van der Waals surface area contributed by atoms with E-state index in [2.05, 4.69) is 10.6 Å². The molecule has 2 atom stereocenters. The SMILES string of the molecule is CCC(NC(=O)NC(C)Cc1ccco1)C(=O)O. The third kappa shape index (κ3) is 4.48. The maximum absolute atomic E-state index is 11.5. The molecule has 1 heterocycles. The molecule has 0 aliphatic heterocycles. The van der Waals surface area contributed by atoms with Crippen molar-refractivity contribution in [2.24, 2.45) is 0 Å². The van der Waals surface area contributed by atoms with Gasteiger partial charge in [-0.2, -0.15) is 0 Å². The van der Waals surface area contributed by atoms with E-state index in [0.29, 0.717) is 12.8 Å². The van der Waals surface area contributed by atoms with Crippen LogP contribution in [0.5, 0.6) is 0 Å². The number of carboxylic acids is 1. The molecule has 0 saturated carbocycles. The summed E-state index contributed by atoms with van der Waals surface area (Å²) in [5, 5.41) is 13.9. The van der Waals surface area contributed by atoms with Gasteiger partial charge in [-0.25, -0.2) is 9.59 Å². The van der Waals surface area contributed by atoms with Crippen molar-refractivity contribution in [1.82, 2.24) is 10.6 Å². The Morgan fingerprint density at radius 1 is 1.44 bits per heavy atom. The van der Waals surface area contributed by atoms with Gasteiger partial charge < -0.3 is 20.2 Å². The predicted octanol–water partition coefficient (Wildman–Crippen LogP) is 1.37. The van der Waals surface area contributed by atoms with E-state index >= 15 is 0 Å². The van der Waals surface area contributed by atoms with Crippen LogP contribution in [0.1, 0.15) is 26.0 Å².